The average Bonchev–Trinajstić information content (AvgIpc) is 3.69. The monoisotopic (exact) mass is 713 g/mol. The number of nitrogens with zero attached hydrogens (tertiary/aromatic N) is 3. The van der Waals surface area contributed by atoms with E-state index in [4.69, 9.17) is 14.4 Å². The zero-order chi connectivity index (χ0) is 37.4. The van der Waals surface area contributed by atoms with E-state index in [1.165, 1.54) is 5.19 Å². The number of imidazole rings is 1. The van der Waals surface area contributed by atoms with Crippen LogP contribution in [0.5, 0.6) is 5.75 Å². The third kappa shape index (κ3) is 6.05. The Morgan fingerprint density at radius 2 is 1.42 bits per heavy atom. The fraction of sp³-hybridized carbons (Fsp3) is 0.234. The van der Waals surface area contributed by atoms with Crippen LogP contribution in [-0.4, -0.2) is 27.7 Å². The highest BCUT2D eigenvalue weighted by molar-refractivity contribution is 6.88. The van der Waals surface area contributed by atoms with Gasteiger partial charge in [0.1, 0.15) is 22.7 Å². The normalized spacial score (nSPS) is 12.7. The molecule has 3 aromatic heterocycles. The second-order valence-corrected chi connectivity index (χ2v) is 22.5. The van der Waals surface area contributed by atoms with Gasteiger partial charge >= 0.3 is 0 Å². The van der Waals surface area contributed by atoms with Crippen molar-refractivity contribution in [2.75, 3.05) is 0 Å². The molecule has 3 heterocycles. The Morgan fingerprint density at radius 3 is 2.09 bits per heavy atom. The van der Waals surface area contributed by atoms with Crippen LogP contribution in [0.2, 0.25) is 19.6 Å². The van der Waals surface area contributed by atoms with E-state index in [1.54, 1.807) is 0 Å². The first kappa shape index (κ1) is 34.6. The fourth-order valence-electron chi connectivity index (χ4n) is 7.33. The highest BCUT2D eigenvalue weighted by Gasteiger charge is 2.29. The molecule has 6 heteroatoms. The van der Waals surface area contributed by atoms with Crippen LogP contribution >= 0.6 is 0 Å². The predicted octanol–water partition coefficient (Wildman–Crippen LogP) is 12.2. The van der Waals surface area contributed by atoms with E-state index in [2.05, 4.69) is 151 Å². The number of fused-ring (bicyclic) bond motifs is 4. The van der Waals surface area contributed by atoms with Crippen molar-refractivity contribution in [3.63, 3.8) is 0 Å². The number of phenolic OH excluding ortho intramolecular Hbond substituents is 1. The molecule has 5 aromatic carbocycles. The molecule has 0 radical (unpaired) electrons. The Labute approximate surface area is 313 Å². The molecule has 1 N–H and O–H groups in total. The first-order chi connectivity index (χ1) is 25.1. The number of benzene rings is 5. The number of furan rings is 1. The molecule has 0 unspecified atom stereocenters. The number of para-hydroxylation sites is 3. The lowest BCUT2D eigenvalue weighted by atomic mass is 9.79. The summed E-state index contributed by atoms with van der Waals surface area (Å²) in [5.74, 6) is 0.947. The van der Waals surface area contributed by atoms with Crippen molar-refractivity contribution in [3.05, 3.63) is 127 Å². The Morgan fingerprint density at radius 1 is 0.679 bits per heavy atom. The fourth-order valence-corrected chi connectivity index (χ4v) is 8.36. The molecule has 5 nitrogen and oxygen atoms in total. The van der Waals surface area contributed by atoms with Crippen LogP contribution in [0, 0.1) is 0 Å². The standard InChI is InChI=1S/C47H47N3O2Si/c1-46(2,3)30-26-37(43(51)38(27-30)47(4,5)6)45-49-42-34(19-15-20-40(42)50(45)31-16-11-10-12-17-31)36-25-29(39-23-22-32(28-48-39)53(7,8)9)24-35-33-18-13-14-21-41(33)52-44(35)36/h10-28,51H,1-9H3. The second kappa shape index (κ2) is 12.3. The van der Waals surface area contributed by atoms with E-state index >= 15 is 0 Å². The van der Waals surface area contributed by atoms with Gasteiger partial charge in [-0.15, -0.1) is 0 Å². The summed E-state index contributed by atoms with van der Waals surface area (Å²) >= 11 is 0. The van der Waals surface area contributed by atoms with E-state index in [0.29, 0.717) is 11.4 Å². The molecule has 0 fully saturated rings. The molecule has 0 spiro atoms. The number of aromatic hydroxyl groups is 1. The zero-order valence-corrected chi connectivity index (χ0v) is 33.2. The van der Waals surface area contributed by atoms with E-state index in [0.717, 1.165) is 72.2 Å². The molecule has 0 atom stereocenters. The van der Waals surface area contributed by atoms with Gasteiger partial charge in [-0.2, -0.15) is 0 Å². The van der Waals surface area contributed by atoms with E-state index < -0.39 is 8.07 Å². The van der Waals surface area contributed by atoms with Gasteiger partial charge in [-0.3, -0.25) is 9.55 Å². The molecule has 8 rings (SSSR count). The highest BCUT2D eigenvalue weighted by atomic mass is 28.3. The minimum absolute atomic E-state index is 0.147. The molecule has 0 aliphatic rings. The summed E-state index contributed by atoms with van der Waals surface area (Å²) in [6.45, 7) is 20.1. The third-order valence-corrected chi connectivity index (χ3v) is 12.4. The maximum absolute atomic E-state index is 12.1. The van der Waals surface area contributed by atoms with Gasteiger partial charge in [-0.1, -0.05) is 122 Å². The van der Waals surface area contributed by atoms with Crippen molar-refractivity contribution >= 4 is 46.2 Å². The molecule has 0 saturated carbocycles. The van der Waals surface area contributed by atoms with E-state index in [9.17, 15) is 5.11 Å². The summed E-state index contributed by atoms with van der Waals surface area (Å²) in [6.07, 6.45) is 2.05. The summed E-state index contributed by atoms with van der Waals surface area (Å²) in [6, 6.07) is 38.0. The Bertz CT molecular complexity index is 2670. The van der Waals surface area contributed by atoms with Crippen LogP contribution in [0.4, 0.5) is 0 Å². The molecule has 53 heavy (non-hydrogen) atoms. The quantitative estimate of drug-likeness (QED) is 0.180. The van der Waals surface area contributed by atoms with Gasteiger partial charge in [-0.05, 0) is 70.1 Å². The van der Waals surface area contributed by atoms with Crippen LogP contribution in [0.25, 0.3) is 72.4 Å². The van der Waals surface area contributed by atoms with Crippen molar-refractivity contribution in [2.24, 2.45) is 0 Å². The Kier molecular flexibility index (Phi) is 8.04. The topological polar surface area (TPSA) is 64.1 Å². The van der Waals surface area contributed by atoms with Crippen molar-refractivity contribution in [3.8, 4) is 45.2 Å². The van der Waals surface area contributed by atoms with Gasteiger partial charge in [0.25, 0.3) is 0 Å². The predicted molar refractivity (Wildman–Crippen MR) is 224 cm³/mol. The molecule has 8 aromatic rings. The van der Waals surface area contributed by atoms with Crippen molar-refractivity contribution < 1.29 is 9.52 Å². The SMILES string of the molecule is CC(C)(C)c1cc(-c2nc3c(-c4cc(-c5ccc([Si](C)(C)C)cn5)cc5c4oc4ccccc45)cccc3n2-c2ccccc2)c(O)c(C(C)(C)C)c1. The summed E-state index contributed by atoms with van der Waals surface area (Å²) < 4.78 is 8.87. The summed E-state index contributed by atoms with van der Waals surface area (Å²) in [7, 11) is -1.52. The van der Waals surface area contributed by atoms with E-state index in [1.807, 2.05) is 30.3 Å². The van der Waals surface area contributed by atoms with Gasteiger partial charge in [-0.25, -0.2) is 4.98 Å². The van der Waals surface area contributed by atoms with Gasteiger partial charge < -0.3 is 9.52 Å². The highest BCUT2D eigenvalue weighted by Crippen LogP contribution is 2.46. The minimum Gasteiger partial charge on any atom is -0.507 e. The molecule has 0 aliphatic heterocycles. The van der Waals surface area contributed by atoms with Crippen molar-refractivity contribution in [2.45, 2.75) is 72.0 Å². The lowest BCUT2D eigenvalue weighted by Crippen LogP contribution is -2.37. The molecule has 0 saturated heterocycles. The maximum atomic E-state index is 12.1. The Balaban J connectivity index is 1.45. The number of hydrogen-bond donors (Lipinski definition) is 1. The first-order valence-corrected chi connectivity index (χ1v) is 22.0. The van der Waals surface area contributed by atoms with Crippen LogP contribution in [-0.2, 0) is 10.8 Å². The van der Waals surface area contributed by atoms with E-state index in [-0.39, 0.29) is 16.6 Å². The number of pyridine rings is 1. The van der Waals surface area contributed by atoms with Gasteiger partial charge in [0, 0.05) is 44.9 Å². The molecule has 0 aliphatic carbocycles. The largest absolute Gasteiger partial charge is 0.507 e. The number of rotatable bonds is 5. The molecule has 0 amide bonds. The van der Waals surface area contributed by atoms with Gasteiger partial charge in [0.2, 0.25) is 0 Å². The van der Waals surface area contributed by atoms with Crippen molar-refractivity contribution in [1.82, 2.24) is 14.5 Å². The summed E-state index contributed by atoms with van der Waals surface area (Å²) in [5, 5.41) is 15.6. The average molecular weight is 714 g/mol. The van der Waals surface area contributed by atoms with Crippen LogP contribution in [0.15, 0.2) is 120 Å². The van der Waals surface area contributed by atoms with Crippen LogP contribution in [0.1, 0.15) is 52.7 Å². The Hall–Kier alpha value is -5.46. The van der Waals surface area contributed by atoms with Crippen molar-refractivity contribution in [1.29, 1.82) is 0 Å². The molecule has 266 valence electrons. The van der Waals surface area contributed by atoms with Crippen LogP contribution < -0.4 is 5.19 Å². The number of aromatic nitrogens is 3. The number of hydrogen-bond acceptors (Lipinski definition) is 4. The third-order valence-electron chi connectivity index (χ3n) is 10.4. The smallest absolute Gasteiger partial charge is 0.149 e. The summed E-state index contributed by atoms with van der Waals surface area (Å²) in [5.41, 5.74) is 10.5. The van der Waals surface area contributed by atoms with Crippen LogP contribution in [0.3, 0.4) is 0 Å². The lowest BCUT2D eigenvalue weighted by Gasteiger charge is -2.27. The minimum atomic E-state index is -1.52. The molecule has 0 bridgehead atoms. The zero-order valence-electron chi connectivity index (χ0n) is 32.2. The maximum Gasteiger partial charge on any atom is 0.149 e. The van der Waals surface area contributed by atoms with Gasteiger partial charge in [0.05, 0.1) is 30.4 Å². The number of phenols is 1. The molecular formula is C47H47N3O2Si. The lowest BCUT2D eigenvalue weighted by molar-refractivity contribution is 0.446. The summed E-state index contributed by atoms with van der Waals surface area (Å²) in [4.78, 5) is 10.5. The first-order valence-electron chi connectivity index (χ1n) is 18.5. The van der Waals surface area contributed by atoms with Gasteiger partial charge in [0.15, 0.2) is 0 Å². The molecular weight excluding hydrogens is 667 g/mol. The second-order valence-electron chi connectivity index (χ2n) is 17.4.